The van der Waals surface area contributed by atoms with Crippen molar-refractivity contribution in [1.82, 2.24) is 9.66 Å². The Balaban J connectivity index is 1.65. The molecule has 0 spiro atoms. The predicted octanol–water partition coefficient (Wildman–Crippen LogP) is 3.09. The smallest absolute Gasteiger partial charge is 0.276 e. The molecule has 0 saturated heterocycles. The van der Waals surface area contributed by atoms with Crippen LogP contribution in [0.3, 0.4) is 0 Å². The Kier molecular flexibility index (Phi) is 4.06. The molecule has 0 aliphatic rings. The molecule has 3 rings (SSSR count). The monoisotopic (exact) mass is 363 g/mol. The van der Waals surface area contributed by atoms with Crippen LogP contribution in [0.1, 0.15) is 0 Å². The number of imidazole rings is 1. The third kappa shape index (κ3) is 3.09. The van der Waals surface area contributed by atoms with E-state index in [4.69, 9.17) is 4.74 Å². The fourth-order valence-electron chi connectivity index (χ4n) is 1.95. The lowest BCUT2D eigenvalue weighted by Crippen LogP contribution is -2.27. The molecule has 22 heavy (non-hydrogen) atoms. The van der Waals surface area contributed by atoms with Crippen LogP contribution in [-0.2, 0) is 4.79 Å². The lowest BCUT2D eigenvalue weighted by atomic mass is 10.3. The van der Waals surface area contributed by atoms with Gasteiger partial charge < -0.3 is 4.74 Å². The van der Waals surface area contributed by atoms with E-state index in [2.05, 4.69) is 26.3 Å². The summed E-state index contributed by atoms with van der Waals surface area (Å²) in [5.74, 6) is -0.333. The Morgan fingerprint density at radius 2 is 2.14 bits per heavy atom. The van der Waals surface area contributed by atoms with Gasteiger partial charge in [-0.1, -0.05) is 12.1 Å². The first-order valence-electron chi connectivity index (χ1n) is 6.43. The molecule has 0 saturated carbocycles. The van der Waals surface area contributed by atoms with Crippen LogP contribution >= 0.6 is 15.9 Å². The number of hydrogen-bond acceptors (Lipinski definition) is 3. The highest BCUT2D eigenvalue weighted by Crippen LogP contribution is 2.25. The van der Waals surface area contributed by atoms with Crippen LogP contribution in [-0.4, -0.2) is 22.2 Å². The molecule has 0 unspecified atom stereocenters. The maximum Gasteiger partial charge on any atom is 0.276 e. The molecule has 0 fully saturated rings. The number of rotatable bonds is 4. The molecular formula is C15H11BrFN3O2. The number of halogens is 2. The van der Waals surface area contributed by atoms with Gasteiger partial charge in [0.2, 0.25) is 0 Å². The highest BCUT2D eigenvalue weighted by molar-refractivity contribution is 9.10. The zero-order valence-electron chi connectivity index (χ0n) is 11.3. The summed E-state index contributed by atoms with van der Waals surface area (Å²) in [7, 11) is 0. The van der Waals surface area contributed by atoms with Gasteiger partial charge in [-0.3, -0.25) is 10.2 Å². The second kappa shape index (κ2) is 6.15. The Morgan fingerprint density at radius 1 is 1.32 bits per heavy atom. The summed E-state index contributed by atoms with van der Waals surface area (Å²) in [5, 5.41) is 0. The van der Waals surface area contributed by atoms with Crippen molar-refractivity contribution in [3.8, 4) is 5.75 Å². The highest BCUT2D eigenvalue weighted by atomic mass is 79.9. The number of nitrogens with one attached hydrogen (secondary N) is 1. The first kappa shape index (κ1) is 14.5. The lowest BCUT2D eigenvalue weighted by Gasteiger charge is -2.09. The average molecular weight is 364 g/mol. The molecule has 1 N–H and O–H groups in total. The number of nitrogens with zero attached hydrogens (tertiary/aromatic N) is 2. The Morgan fingerprint density at radius 3 is 2.95 bits per heavy atom. The molecular weight excluding hydrogens is 353 g/mol. The van der Waals surface area contributed by atoms with E-state index in [9.17, 15) is 9.18 Å². The average Bonchev–Trinajstić information content (AvgIpc) is 2.90. The maximum atomic E-state index is 13.0. The first-order valence-corrected chi connectivity index (χ1v) is 7.22. The third-order valence-electron chi connectivity index (χ3n) is 2.95. The van der Waals surface area contributed by atoms with E-state index in [1.807, 2.05) is 24.3 Å². The van der Waals surface area contributed by atoms with Crippen molar-refractivity contribution in [2.75, 3.05) is 12.0 Å². The summed E-state index contributed by atoms with van der Waals surface area (Å²) in [4.78, 5) is 16.1. The summed E-state index contributed by atoms with van der Waals surface area (Å²) < 4.78 is 20.3. The topological polar surface area (TPSA) is 56.1 Å². The van der Waals surface area contributed by atoms with Crippen LogP contribution in [0.25, 0.3) is 11.0 Å². The number of aromatic nitrogens is 2. The number of amides is 1. The Hall–Kier alpha value is -2.41. The van der Waals surface area contributed by atoms with Crippen molar-refractivity contribution >= 4 is 32.9 Å². The van der Waals surface area contributed by atoms with Crippen molar-refractivity contribution in [2.45, 2.75) is 0 Å². The van der Waals surface area contributed by atoms with Gasteiger partial charge in [-0.15, -0.1) is 0 Å². The fourth-order valence-corrected chi connectivity index (χ4v) is 2.42. The van der Waals surface area contributed by atoms with Crippen molar-refractivity contribution in [3.63, 3.8) is 0 Å². The van der Waals surface area contributed by atoms with E-state index in [0.717, 1.165) is 11.0 Å². The van der Waals surface area contributed by atoms with E-state index < -0.39 is 0 Å². The van der Waals surface area contributed by atoms with E-state index in [1.54, 1.807) is 0 Å². The van der Waals surface area contributed by atoms with Crippen LogP contribution < -0.4 is 10.2 Å². The zero-order valence-corrected chi connectivity index (χ0v) is 12.9. The minimum Gasteiger partial charge on any atom is -0.483 e. The van der Waals surface area contributed by atoms with Crippen molar-refractivity contribution in [2.24, 2.45) is 0 Å². The van der Waals surface area contributed by atoms with Crippen LogP contribution in [0, 0.1) is 5.82 Å². The number of hydrogen-bond donors (Lipinski definition) is 1. The Labute approximate surface area is 133 Å². The van der Waals surface area contributed by atoms with Gasteiger partial charge in [0.1, 0.15) is 17.9 Å². The van der Waals surface area contributed by atoms with E-state index in [1.165, 1.54) is 29.2 Å². The summed E-state index contributed by atoms with van der Waals surface area (Å²) >= 11 is 3.18. The fraction of sp³-hybridized carbons (Fsp3) is 0.0667. The second-order valence-corrected chi connectivity index (χ2v) is 5.36. The van der Waals surface area contributed by atoms with Crippen LogP contribution in [0.4, 0.5) is 4.39 Å². The molecule has 0 bridgehead atoms. The SMILES string of the molecule is O=C(COc1ccc(F)cc1Br)Nn1cnc2ccccc21. The maximum absolute atomic E-state index is 13.0. The molecule has 0 aliphatic heterocycles. The number of fused-ring (bicyclic) bond motifs is 1. The van der Waals surface area contributed by atoms with E-state index in [-0.39, 0.29) is 18.3 Å². The van der Waals surface area contributed by atoms with Crippen molar-refractivity contribution in [1.29, 1.82) is 0 Å². The number of carbonyl (C=O) groups excluding carboxylic acids is 1. The zero-order chi connectivity index (χ0) is 15.5. The summed E-state index contributed by atoms with van der Waals surface area (Å²) in [6, 6.07) is 11.4. The number of benzene rings is 2. The number of ether oxygens (including phenoxy) is 1. The first-order chi connectivity index (χ1) is 10.6. The molecule has 1 heterocycles. The lowest BCUT2D eigenvalue weighted by molar-refractivity contribution is -0.119. The van der Waals surface area contributed by atoms with Gasteiger partial charge in [-0.2, -0.15) is 0 Å². The third-order valence-corrected chi connectivity index (χ3v) is 3.57. The minimum atomic E-state index is -0.381. The molecule has 0 aliphatic carbocycles. The quantitative estimate of drug-likeness (QED) is 0.774. The largest absolute Gasteiger partial charge is 0.483 e. The number of carbonyl (C=O) groups is 1. The second-order valence-electron chi connectivity index (χ2n) is 4.50. The highest BCUT2D eigenvalue weighted by Gasteiger charge is 2.08. The molecule has 2 aromatic carbocycles. The van der Waals surface area contributed by atoms with Gasteiger partial charge in [-0.05, 0) is 46.3 Å². The van der Waals surface area contributed by atoms with Gasteiger partial charge >= 0.3 is 0 Å². The van der Waals surface area contributed by atoms with Gasteiger partial charge in [-0.25, -0.2) is 14.1 Å². The number of para-hydroxylation sites is 2. The van der Waals surface area contributed by atoms with Crippen molar-refractivity contribution < 1.29 is 13.9 Å². The molecule has 3 aromatic rings. The molecule has 0 radical (unpaired) electrons. The van der Waals surface area contributed by atoms with E-state index >= 15 is 0 Å². The molecule has 1 amide bonds. The molecule has 7 heteroatoms. The van der Waals surface area contributed by atoms with Gasteiger partial charge in [0.05, 0.1) is 15.5 Å². The Bertz CT molecular complexity index is 835. The summed E-state index contributed by atoms with van der Waals surface area (Å²) in [6.45, 7) is -0.198. The van der Waals surface area contributed by atoms with Gasteiger partial charge in [0.25, 0.3) is 5.91 Å². The molecule has 5 nitrogen and oxygen atoms in total. The predicted molar refractivity (Wildman–Crippen MR) is 83.7 cm³/mol. The van der Waals surface area contributed by atoms with Gasteiger partial charge in [0, 0.05) is 0 Å². The molecule has 112 valence electrons. The summed E-state index contributed by atoms with van der Waals surface area (Å²) in [6.07, 6.45) is 1.52. The van der Waals surface area contributed by atoms with Crippen LogP contribution in [0.2, 0.25) is 0 Å². The van der Waals surface area contributed by atoms with Crippen LogP contribution in [0.15, 0.2) is 53.3 Å². The van der Waals surface area contributed by atoms with Crippen molar-refractivity contribution in [3.05, 3.63) is 59.1 Å². The van der Waals surface area contributed by atoms with E-state index in [0.29, 0.717) is 10.2 Å². The van der Waals surface area contributed by atoms with Crippen LogP contribution in [0.5, 0.6) is 5.75 Å². The molecule has 0 atom stereocenters. The summed E-state index contributed by atoms with van der Waals surface area (Å²) in [5.41, 5.74) is 4.24. The minimum absolute atomic E-state index is 0.198. The van der Waals surface area contributed by atoms with Gasteiger partial charge in [0.15, 0.2) is 6.61 Å². The normalized spacial score (nSPS) is 10.6. The standard InChI is InChI=1S/C15H11BrFN3O2/c16-11-7-10(17)5-6-14(11)22-8-15(21)19-20-9-18-12-3-1-2-4-13(12)20/h1-7,9H,8H2,(H,19,21). The molecule has 1 aromatic heterocycles.